The van der Waals surface area contributed by atoms with E-state index in [1.54, 1.807) is 0 Å². The number of urea groups is 1. The summed E-state index contributed by atoms with van der Waals surface area (Å²) in [7, 11) is 0. The van der Waals surface area contributed by atoms with Crippen LogP contribution in [0, 0.1) is 0 Å². The number of benzene rings is 1. The number of anilines is 1. The van der Waals surface area contributed by atoms with Gasteiger partial charge in [-0.2, -0.15) is 0 Å². The largest absolute Gasteiger partial charge is 0.322 e. The highest BCUT2D eigenvalue weighted by Crippen LogP contribution is 2.43. The molecular weight excluding hydrogens is 414 g/mol. The van der Waals surface area contributed by atoms with E-state index in [2.05, 4.69) is 58.2 Å². The zero-order valence-electron chi connectivity index (χ0n) is 18.8. The topological polar surface area (TPSA) is 37.3 Å². The van der Waals surface area contributed by atoms with Crippen molar-refractivity contribution in [1.82, 2.24) is 9.47 Å². The molecule has 1 atom stereocenters. The number of hydrogen-bond donors (Lipinski definition) is 1. The van der Waals surface area contributed by atoms with E-state index in [9.17, 15) is 4.79 Å². The normalized spacial score (nSPS) is 19.4. The van der Waals surface area contributed by atoms with Crippen LogP contribution < -0.4 is 5.32 Å². The van der Waals surface area contributed by atoms with Crippen molar-refractivity contribution in [3.8, 4) is 5.00 Å². The fourth-order valence-corrected chi connectivity index (χ4v) is 7.40. The summed E-state index contributed by atoms with van der Waals surface area (Å²) >= 11 is 1.95. The third-order valence-corrected chi connectivity index (χ3v) is 8.92. The standard InChI is InChI=1S/C27H31N3OS/c1-2-23-24-14-8-16-29(24)26-21(20-12-5-6-15-25(20)32-26)17-30(23)27(31)28-22-13-7-10-18-9-3-4-11-19(18)22/h7-8,10,13-14,16,23H,2-6,9,11-12,15,17H2,1H3,(H,28,31)/t23-/m0/s1. The number of thiophene rings is 1. The van der Waals surface area contributed by atoms with Crippen molar-refractivity contribution >= 4 is 23.1 Å². The molecule has 0 bridgehead atoms. The molecule has 3 heterocycles. The minimum atomic E-state index is 0.0344. The van der Waals surface area contributed by atoms with E-state index in [-0.39, 0.29) is 12.1 Å². The van der Waals surface area contributed by atoms with Gasteiger partial charge >= 0.3 is 6.03 Å². The monoisotopic (exact) mass is 445 g/mol. The summed E-state index contributed by atoms with van der Waals surface area (Å²) in [6, 6.07) is 10.8. The molecule has 1 aliphatic heterocycles. The van der Waals surface area contributed by atoms with Crippen molar-refractivity contribution in [3.63, 3.8) is 0 Å². The number of hydrogen-bond acceptors (Lipinski definition) is 2. The molecule has 0 saturated carbocycles. The lowest BCUT2D eigenvalue weighted by atomic mass is 9.90. The second kappa shape index (κ2) is 8.11. The number of aryl methyl sites for hydroxylation is 2. The van der Waals surface area contributed by atoms with Crippen LogP contribution in [0.2, 0.25) is 0 Å². The van der Waals surface area contributed by atoms with E-state index in [1.165, 1.54) is 69.9 Å². The minimum Gasteiger partial charge on any atom is -0.312 e. The van der Waals surface area contributed by atoms with E-state index in [0.717, 1.165) is 31.4 Å². The highest BCUT2D eigenvalue weighted by molar-refractivity contribution is 7.15. The molecule has 3 aliphatic rings. The highest BCUT2D eigenvalue weighted by atomic mass is 32.1. The molecule has 6 rings (SSSR count). The van der Waals surface area contributed by atoms with E-state index in [1.807, 2.05) is 11.3 Å². The lowest BCUT2D eigenvalue weighted by Gasteiger charge is -2.31. The number of carbonyl (C=O) groups excluding carboxylic acids is 1. The first-order valence-corrected chi connectivity index (χ1v) is 13.1. The van der Waals surface area contributed by atoms with Crippen LogP contribution in [0.5, 0.6) is 0 Å². The Hall–Kier alpha value is -2.53. The van der Waals surface area contributed by atoms with Crippen molar-refractivity contribution < 1.29 is 4.79 Å². The Morgan fingerprint density at radius 2 is 1.81 bits per heavy atom. The molecule has 5 heteroatoms. The van der Waals surface area contributed by atoms with E-state index in [0.29, 0.717) is 6.54 Å². The van der Waals surface area contributed by atoms with Gasteiger partial charge in [0.05, 0.1) is 12.6 Å². The first-order valence-electron chi connectivity index (χ1n) is 12.2. The molecule has 2 aliphatic carbocycles. The van der Waals surface area contributed by atoms with Crippen molar-refractivity contribution in [2.24, 2.45) is 0 Å². The number of nitrogens with one attached hydrogen (secondary N) is 1. The maximum Gasteiger partial charge on any atom is 0.322 e. The second-order valence-corrected chi connectivity index (χ2v) is 10.5. The average Bonchev–Trinajstić information content (AvgIpc) is 3.41. The summed E-state index contributed by atoms with van der Waals surface area (Å²) < 4.78 is 2.37. The Bertz CT molecular complexity index is 1170. The summed E-state index contributed by atoms with van der Waals surface area (Å²) in [6.45, 7) is 2.89. The van der Waals surface area contributed by atoms with Gasteiger partial charge in [-0.05, 0) is 92.7 Å². The number of aromatic nitrogens is 1. The molecule has 1 aromatic carbocycles. The first-order chi connectivity index (χ1) is 15.7. The predicted octanol–water partition coefficient (Wildman–Crippen LogP) is 6.80. The summed E-state index contributed by atoms with van der Waals surface area (Å²) in [5.41, 5.74) is 7.88. The first kappa shape index (κ1) is 20.1. The molecule has 1 N–H and O–H groups in total. The molecule has 4 nitrogen and oxygen atoms in total. The Morgan fingerprint density at radius 1 is 1.00 bits per heavy atom. The fourth-order valence-electron chi connectivity index (χ4n) is 5.99. The SMILES string of the molecule is CC[C@H]1c2cccn2-c2sc3c(c2CN1C(=O)Nc1cccc2c1CCCC2)CCCC3. The van der Waals surface area contributed by atoms with Crippen molar-refractivity contribution in [2.45, 2.75) is 77.3 Å². The number of fused-ring (bicyclic) bond motifs is 6. The summed E-state index contributed by atoms with van der Waals surface area (Å²) in [6.07, 6.45) is 12.6. The van der Waals surface area contributed by atoms with Gasteiger partial charge in [0, 0.05) is 28.0 Å². The molecule has 2 amide bonds. The highest BCUT2D eigenvalue weighted by Gasteiger charge is 2.34. The fraction of sp³-hybridized carbons (Fsp3) is 0.444. The van der Waals surface area contributed by atoms with Crippen LogP contribution in [0.15, 0.2) is 36.5 Å². The second-order valence-electron chi connectivity index (χ2n) is 9.43. The van der Waals surface area contributed by atoms with Crippen LogP contribution in [0.4, 0.5) is 10.5 Å². The maximum atomic E-state index is 13.8. The van der Waals surface area contributed by atoms with Gasteiger partial charge in [0.1, 0.15) is 5.00 Å². The van der Waals surface area contributed by atoms with Gasteiger partial charge in [-0.25, -0.2) is 4.79 Å². The lowest BCUT2D eigenvalue weighted by molar-refractivity contribution is 0.181. The smallest absolute Gasteiger partial charge is 0.312 e. The van der Waals surface area contributed by atoms with Gasteiger partial charge in [0.2, 0.25) is 0 Å². The maximum absolute atomic E-state index is 13.8. The minimum absolute atomic E-state index is 0.0344. The molecule has 0 radical (unpaired) electrons. The molecule has 0 unspecified atom stereocenters. The average molecular weight is 446 g/mol. The zero-order valence-corrected chi connectivity index (χ0v) is 19.6. The van der Waals surface area contributed by atoms with Crippen LogP contribution in [-0.4, -0.2) is 15.5 Å². The molecule has 2 aromatic heterocycles. The Labute approximate surface area is 194 Å². The third-order valence-electron chi connectivity index (χ3n) is 7.59. The van der Waals surface area contributed by atoms with Gasteiger partial charge in [0.25, 0.3) is 0 Å². The zero-order chi connectivity index (χ0) is 21.7. The van der Waals surface area contributed by atoms with Gasteiger partial charge in [-0.15, -0.1) is 11.3 Å². The molecule has 32 heavy (non-hydrogen) atoms. The summed E-state index contributed by atoms with van der Waals surface area (Å²) in [4.78, 5) is 17.4. The molecule has 0 spiro atoms. The number of carbonyl (C=O) groups is 1. The van der Waals surface area contributed by atoms with E-state index >= 15 is 0 Å². The van der Waals surface area contributed by atoms with Crippen molar-refractivity contribution in [1.29, 1.82) is 0 Å². The Morgan fingerprint density at radius 3 is 2.69 bits per heavy atom. The van der Waals surface area contributed by atoms with Crippen LogP contribution in [0.1, 0.15) is 77.9 Å². The molecule has 3 aromatic rings. The summed E-state index contributed by atoms with van der Waals surface area (Å²) in [5, 5.41) is 4.67. The van der Waals surface area contributed by atoms with Crippen LogP contribution in [0.25, 0.3) is 5.00 Å². The molecule has 0 fully saturated rings. The van der Waals surface area contributed by atoms with Crippen molar-refractivity contribution in [3.05, 3.63) is 69.4 Å². The number of nitrogens with zero attached hydrogens (tertiary/aromatic N) is 2. The summed E-state index contributed by atoms with van der Waals surface area (Å²) in [5.74, 6) is 0. The Balaban J connectivity index is 1.40. The van der Waals surface area contributed by atoms with E-state index in [4.69, 9.17) is 0 Å². The molecule has 166 valence electrons. The predicted molar refractivity (Wildman–Crippen MR) is 131 cm³/mol. The molecular formula is C27H31N3OS. The third kappa shape index (κ3) is 3.21. The number of amides is 2. The van der Waals surface area contributed by atoms with Gasteiger partial charge in [0.15, 0.2) is 0 Å². The molecule has 0 saturated heterocycles. The number of rotatable bonds is 2. The van der Waals surface area contributed by atoms with E-state index < -0.39 is 0 Å². The lowest BCUT2D eigenvalue weighted by Crippen LogP contribution is -2.37. The van der Waals surface area contributed by atoms with Gasteiger partial charge in [-0.3, -0.25) is 0 Å². The Kier molecular flexibility index (Phi) is 5.09. The van der Waals surface area contributed by atoms with Crippen LogP contribution in [-0.2, 0) is 32.2 Å². The quantitative estimate of drug-likeness (QED) is 0.463. The van der Waals surface area contributed by atoms with Gasteiger partial charge < -0.3 is 14.8 Å². The van der Waals surface area contributed by atoms with Crippen LogP contribution in [0.3, 0.4) is 0 Å². The van der Waals surface area contributed by atoms with Gasteiger partial charge in [-0.1, -0.05) is 19.1 Å². The van der Waals surface area contributed by atoms with Crippen molar-refractivity contribution in [2.75, 3.05) is 5.32 Å². The van der Waals surface area contributed by atoms with Crippen LogP contribution >= 0.6 is 11.3 Å².